The zero-order chi connectivity index (χ0) is 14.2. The summed E-state index contributed by atoms with van der Waals surface area (Å²) < 4.78 is 0. The molecule has 3 aliphatic rings. The Balaban J connectivity index is 1.69. The van der Waals surface area contributed by atoms with Crippen LogP contribution in [0.2, 0.25) is 0 Å². The van der Waals surface area contributed by atoms with Gasteiger partial charge in [-0.3, -0.25) is 10.1 Å². The van der Waals surface area contributed by atoms with Gasteiger partial charge in [-0.25, -0.2) is 0 Å². The minimum atomic E-state index is -0.465. The molecular weight excluding hydrogens is 250 g/mol. The Morgan fingerprint density at radius 3 is 2.30 bits per heavy atom. The summed E-state index contributed by atoms with van der Waals surface area (Å²) in [4.78, 5) is 14.6. The molecule has 1 amide bonds. The van der Waals surface area contributed by atoms with Gasteiger partial charge in [0, 0.05) is 18.6 Å². The summed E-state index contributed by atoms with van der Waals surface area (Å²) in [6, 6.07) is 1.17. The zero-order valence-electron chi connectivity index (χ0n) is 12.7. The standard InChI is InChI=1S/C16H29N3O/c1-19(14-5-3-2-4-6-14)11-16(15(17)20,12-7-8-12)18-13-9-10-13/h12-14,18H,2-11H2,1H3,(H2,17,20). The highest BCUT2D eigenvalue weighted by Gasteiger charge is 2.52. The van der Waals surface area contributed by atoms with E-state index in [1.54, 1.807) is 0 Å². The van der Waals surface area contributed by atoms with Crippen LogP contribution in [0.5, 0.6) is 0 Å². The number of hydrogen-bond acceptors (Lipinski definition) is 3. The van der Waals surface area contributed by atoms with Gasteiger partial charge in [0.15, 0.2) is 0 Å². The van der Waals surface area contributed by atoms with Crippen molar-refractivity contribution in [1.29, 1.82) is 0 Å². The molecule has 3 aliphatic carbocycles. The number of likely N-dealkylation sites (N-methyl/N-ethyl adjacent to an activating group) is 1. The van der Waals surface area contributed by atoms with E-state index in [0.29, 0.717) is 18.0 Å². The van der Waals surface area contributed by atoms with Gasteiger partial charge in [0.2, 0.25) is 5.91 Å². The van der Waals surface area contributed by atoms with E-state index < -0.39 is 5.54 Å². The molecule has 0 aromatic rings. The molecule has 4 nitrogen and oxygen atoms in total. The van der Waals surface area contributed by atoms with Crippen LogP contribution in [0.4, 0.5) is 0 Å². The SMILES string of the molecule is CN(CC(NC1CC1)(C(N)=O)C1CC1)C1CCCCC1. The van der Waals surface area contributed by atoms with Gasteiger partial charge < -0.3 is 10.6 Å². The van der Waals surface area contributed by atoms with Gasteiger partial charge >= 0.3 is 0 Å². The predicted molar refractivity (Wildman–Crippen MR) is 80.3 cm³/mol. The maximum absolute atomic E-state index is 12.2. The van der Waals surface area contributed by atoms with Gasteiger partial charge in [0.05, 0.1) is 0 Å². The van der Waals surface area contributed by atoms with Gasteiger partial charge in [-0.05, 0) is 51.5 Å². The lowest BCUT2D eigenvalue weighted by molar-refractivity contribution is -0.126. The Hall–Kier alpha value is -0.610. The first kappa shape index (κ1) is 14.3. The third kappa shape index (κ3) is 3.01. The van der Waals surface area contributed by atoms with Crippen molar-refractivity contribution in [1.82, 2.24) is 10.2 Å². The lowest BCUT2D eigenvalue weighted by Crippen LogP contribution is -2.64. The quantitative estimate of drug-likeness (QED) is 0.745. The predicted octanol–water partition coefficient (Wildman–Crippen LogP) is 1.64. The second kappa shape index (κ2) is 5.64. The van der Waals surface area contributed by atoms with Crippen LogP contribution in [-0.2, 0) is 4.79 Å². The first-order valence-corrected chi connectivity index (χ1v) is 8.39. The van der Waals surface area contributed by atoms with Gasteiger partial charge in [-0.1, -0.05) is 19.3 Å². The first-order chi connectivity index (χ1) is 9.62. The van der Waals surface area contributed by atoms with E-state index in [2.05, 4.69) is 17.3 Å². The summed E-state index contributed by atoms with van der Waals surface area (Å²) in [5, 5.41) is 3.62. The molecule has 0 spiro atoms. The molecule has 4 heteroatoms. The summed E-state index contributed by atoms with van der Waals surface area (Å²) in [6.07, 6.45) is 11.3. The van der Waals surface area contributed by atoms with Crippen LogP contribution in [0, 0.1) is 5.92 Å². The topological polar surface area (TPSA) is 58.4 Å². The van der Waals surface area contributed by atoms with Gasteiger partial charge in [-0.2, -0.15) is 0 Å². The largest absolute Gasteiger partial charge is 0.368 e. The van der Waals surface area contributed by atoms with Crippen molar-refractivity contribution in [2.75, 3.05) is 13.6 Å². The smallest absolute Gasteiger partial charge is 0.239 e. The zero-order valence-corrected chi connectivity index (χ0v) is 12.7. The number of nitrogens with zero attached hydrogens (tertiary/aromatic N) is 1. The fraction of sp³-hybridized carbons (Fsp3) is 0.938. The number of amides is 1. The van der Waals surface area contributed by atoms with Crippen molar-refractivity contribution in [2.45, 2.75) is 75.4 Å². The molecule has 3 rings (SSSR count). The lowest BCUT2D eigenvalue weighted by atomic mass is 9.88. The van der Waals surface area contributed by atoms with Crippen LogP contribution in [0.1, 0.15) is 57.8 Å². The summed E-state index contributed by atoms with van der Waals surface area (Å²) in [5.41, 5.74) is 5.37. The fourth-order valence-electron chi connectivity index (χ4n) is 3.86. The van der Waals surface area contributed by atoms with Gasteiger partial charge in [-0.15, -0.1) is 0 Å². The second-order valence-corrected chi connectivity index (χ2v) is 7.24. The molecule has 1 unspecified atom stereocenters. The first-order valence-electron chi connectivity index (χ1n) is 8.39. The van der Waals surface area contributed by atoms with E-state index in [1.807, 2.05) is 0 Å². The average Bonchev–Trinajstić information content (AvgIpc) is 3.31. The van der Waals surface area contributed by atoms with Crippen molar-refractivity contribution in [2.24, 2.45) is 11.7 Å². The highest BCUT2D eigenvalue weighted by atomic mass is 16.1. The summed E-state index contributed by atoms with van der Waals surface area (Å²) in [7, 11) is 2.19. The third-order valence-corrected chi connectivity index (χ3v) is 5.45. The monoisotopic (exact) mass is 279 g/mol. The summed E-state index contributed by atoms with van der Waals surface area (Å²) in [5.74, 6) is 0.334. The fourth-order valence-corrected chi connectivity index (χ4v) is 3.86. The van der Waals surface area contributed by atoms with E-state index in [0.717, 1.165) is 19.4 Å². The molecule has 3 saturated carbocycles. The van der Waals surface area contributed by atoms with Crippen molar-refractivity contribution in [3.05, 3.63) is 0 Å². The summed E-state index contributed by atoms with van der Waals surface area (Å²) in [6.45, 7) is 0.800. The highest BCUT2D eigenvalue weighted by Crippen LogP contribution is 2.42. The molecule has 114 valence electrons. The van der Waals surface area contributed by atoms with Crippen LogP contribution in [0.25, 0.3) is 0 Å². The van der Waals surface area contributed by atoms with Crippen LogP contribution in [0.3, 0.4) is 0 Å². The Morgan fingerprint density at radius 2 is 1.80 bits per heavy atom. The maximum atomic E-state index is 12.2. The van der Waals surface area contributed by atoms with E-state index in [9.17, 15) is 4.79 Å². The normalized spacial score (nSPS) is 27.5. The van der Waals surface area contributed by atoms with Gasteiger partial charge in [0.1, 0.15) is 5.54 Å². The van der Waals surface area contributed by atoms with E-state index in [-0.39, 0.29) is 5.91 Å². The van der Waals surface area contributed by atoms with Crippen LogP contribution in [-0.4, -0.2) is 42.0 Å². The van der Waals surface area contributed by atoms with Gasteiger partial charge in [0.25, 0.3) is 0 Å². The highest BCUT2D eigenvalue weighted by molar-refractivity contribution is 5.86. The molecule has 0 aliphatic heterocycles. The minimum Gasteiger partial charge on any atom is -0.368 e. The number of carbonyl (C=O) groups is 1. The molecule has 0 aromatic heterocycles. The van der Waals surface area contributed by atoms with Crippen LogP contribution in [0.15, 0.2) is 0 Å². The van der Waals surface area contributed by atoms with Crippen molar-refractivity contribution >= 4 is 5.91 Å². The minimum absolute atomic E-state index is 0.130. The molecule has 3 N–H and O–H groups in total. The number of rotatable bonds is 7. The van der Waals surface area contributed by atoms with Crippen LogP contribution < -0.4 is 11.1 Å². The Bertz CT molecular complexity index is 359. The van der Waals surface area contributed by atoms with E-state index in [4.69, 9.17) is 5.73 Å². The molecule has 1 atom stereocenters. The maximum Gasteiger partial charge on any atom is 0.239 e. The third-order valence-electron chi connectivity index (χ3n) is 5.45. The number of carbonyl (C=O) groups excluding carboxylic acids is 1. The molecule has 0 saturated heterocycles. The Labute approximate surface area is 122 Å². The Morgan fingerprint density at radius 1 is 1.15 bits per heavy atom. The summed E-state index contributed by atoms with van der Waals surface area (Å²) >= 11 is 0. The molecule has 20 heavy (non-hydrogen) atoms. The molecule has 0 radical (unpaired) electrons. The molecule has 3 fully saturated rings. The number of primary amides is 1. The molecule has 0 aromatic carbocycles. The average molecular weight is 279 g/mol. The molecule has 0 heterocycles. The number of hydrogen-bond donors (Lipinski definition) is 2. The number of nitrogens with one attached hydrogen (secondary N) is 1. The van der Waals surface area contributed by atoms with Crippen molar-refractivity contribution in [3.8, 4) is 0 Å². The van der Waals surface area contributed by atoms with E-state index >= 15 is 0 Å². The second-order valence-electron chi connectivity index (χ2n) is 7.24. The van der Waals surface area contributed by atoms with Crippen LogP contribution >= 0.6 is 0 Å². The van der Waals surface area contributed by atoms with Crippen molar-refractivity contribution in [3.63, 3.8) is 0 Å². The number of nitrogens with two attached hydrogens (primary N) is 1. The molecular formula is C16H29N3O. The Kier molecular flexibility index (Phi) is 4.04. The lowest BCUT2D eigenvalue weighted by Gasteiger charge is -2.40. The van der Waals surface area contributed by atoms with Crippen molar-refractivity contribution < 1.29 is 4.79 Å². The van der Waals surface area contributed by atoms with E-state index in [1.165, 1.54) is 44.9 Å². The molecule has 0 bridgehead atoms.